The number of nitrogens with zero attached hydrogens (tertiary/aromatic N) is 2. The lowest BCUT2D eigenvalue weighted by molar-refractivity contribution is -0.136. The molecule has 164 valence electrons. The van der Waals surface area contributed by atoms with Crippen molar-refractivity contribution in [1.29, 1.82) is 0 Å². The molecule has 30 heavy (non-hydrogen) atoms. The van der Waals surface area contributed by atoms with Gasteiger partial charge in [0.25, 0.3) is 0 Å². The predicted molar refractivity (Wildman–Crippen MR) is 111 cm³/mol. The first-order chi connectivity index (χ1) is 14.5. The molecule has 1 saturated heterocycles. The molecule has 0 unspecified atom stereocenters. The van der Waals surface area contributed by atoms with Crippen molar-refractivity contribution in [1.82, 2.24) is 10.1 Å². The Bertz CT molecular complexity index is 832. The van der Waals surface area contributed by atoms with Crippen molar-refractivity contribution in [3.8, 4) is 28.6 Å². The second-order valence-corrected chi connectivity index (χ2v) is 7.61. The van der Waals surface area contributed by atoms with Gasteiger partial charge in [-0.2, -0.15) is 0 Å². The van der Waals surface area contributed by atoms with Crippen LogP contribution in [0.1, 0.15) is 32.4 Å². The van der Waals surface area contributed by atoms with Crippen LogP contribution in [0.3, 0.4) is 0 Å². The molecule has 0 saturated carbocycles. The Labute approximate surface area is 177 Å². The molecule has 0 aliphatic carbocycles. The Morgan fingerprint density at radius 3 is 2.40 bits per heavy atom. The molecule has 1 fully saturated rings. The van der Waals surface area contributed by atoms with E-state index in [9.17, 15) is 4.79 Å². The number of methoxy groups -OCH3 is 3. The lowest BCUT2D eigenvalue weighted by Gasteiger charge is -2.26. The van der Waals surface area contributed by atoms with Gasteiger partial charge >= 0.3 is 0 Å². The Morgan fingerprint density at radius 2 is 1.87 bits per heavy atom. The fraction of sp³-hybridized carbons (Fsp3) is 0.545. The van der Waals surface area contributed by atoms with Gasteiger partial charge in [-0.15, -0.1) is 0 Å². The van der Waals surface area contributed by atoms with Gasteiger partial charge in [0.05, 0.1) is 34.0 Å². The number of benzene rings is 1. The van der Waals surface area contributed by atoms with Gasteiger partial charge in [0.1, 0.15) is 5.69 Å². The zero-order valence-corrected chi connectivity index (χ0v) is 18.3. The van der Waals surface area contributed by atoms with Crippen LogP contribution >= 0.6 is 0 Å². The largest absolute Gasteiger partial charge is 0.493 e. The molecule has 3 rings (SSSR count). The van der Waals surface area contributed by atoms with Gasteiger partial charge in [0.15, 0.2) is 17.3 Å². The third kappa shape index (κ3) is 4.87. The first-order valence-electron chi connectivity index (χ1n) is 10.1. The van der Waals surface area contributed by atoms with E-state index in [1.54, 1.807) is 38.4 Å². The van der Waals surface area contributed by atoms with Crippen molar-refractivity contribution >= 4 is 5.91 Å². The minimum Gasteiger partial charge on any atom is -0.493 e. The van der Waals surface area contributed by atoms with Crippen molar-refractivity contribution in [3.05, 3.63) is 23.9 Å². The van der Waals surface area contributed by atoms with Crippen LogP contribution in [0.25, 0.3) is 11.3 Å². The highest BCUT2D eigenvalue weighted by molar-refractivity contribution is 5.78. The highest BCUT2D eigenvalue weighted by Crippen LogP contribution is 2.41. The molecular weight excluding hydrogens is 388 g/mol. The highest BCUT2D eigenvalue weighted by atomic mass is 16.5. The van der Waals surface area contributed by atoms with Crippen LogP contribution in [0, 0.1) is 5.92 Å². The van der Waals surface area contributed by atoms with E-state index in [2.05, 4.69) is 5.16 Å². The average Bonchev–Trinajstić information content (AvgIpc) is 3.43. The zero-order valence-electron chi connectivity index (χ0n) is 18.3. The standard InChI is InChI=1S/C22H30N2O6/c1-14(2)22(25)24(13-17-7-6-8-29-17)12-16-11-18(30-23-16)15-9-19(26-3)21(28-5)20(10-15)27-4/h9-11,14,17H,6-8,12-13H2,1-5H3/t17-/m0/s1. The van der Waals surface area contributed by atoms with Gasteiger partial charge < -0.3 is 28.4 Å². The van der Waals surface area contributed by atoms with Gasteiger partial charge in [-0.05, 0) is 25.0 Å². The fourth-order valence-corrected chi connectivity index (χ4v) is 3.57. The fourth-order valence-electron chi connectivity index (χ4n) is 3.57. The van der Waals surface area contributed by atoms with Crippen molar-refractivity contribution in [2.24, 2.45) is 5.92 Å². The van der Waals surface area contributed by atoms with Crippen LogP contribution in [-0.2, 0) is 16.1 Å². The van der Waals surface area contributed by atoms with E-state index < -0.39 is 0 Å². The number of hydrogen-bond acceptors (Lipinski definition) is 7. The van der Waals surface area contributed by atoms with E-state index >= 15 is 0 Å². The molecule has 8 heteroatoms. The van der Waals surface area contributed by atoms with E-state index in [-0.39, 0.29) is 17.9 Å². The lowest BCUT2D eigenvalue weighted by Crippen LogP contribution is -2.39. The molecule has 0 bridgehead atoms. The van der Waals surface area contributed by atoms with Crippen molar-refractivity contribution in [3.63, 3.8) is 0 Å². The average molecular weight is 418 g/mol. The number of carbonyl (C=O) groups excluding carboxylic acids is 1. The number of carbonyl (C=O) groups is 1. The van der Waals surface area contributed by atoms with Crippen LogP contribution in [0.4, 0.5) is 0 Å². The minimum absolute atomic E-state index is 0.0721. The molecule has 2 heterocycles. The summed E-state index contributed by atoms with van der Waals surface area (Å²) in [5.74, 6) is 2.09. The third-order valence-corrected chi connectivity index (χ3v) is 5.11. The number of ether oxygens (including phenoxy) is 4. The Balaban J connectivity index is 1.82. The topological polar surface area (TPSA) is 83.3 Å². The summed E-state index contributed by atoms with van der Waals surface area (Å²) in [6.45, 7) is 5.47. The van der Waals surface area contributed by atoms with Crippen LogP contribution in [0.2, 0.25) is 0 Å². The van der Waals surface area contributed by atoms with E-state index in [0.717, 1.165) is 25.0 Å². The van der Waals surface area contributed by atoms with Crippen molar-refractivity contribution in [2.45, 2.75) is 39.3 Å². The van der Waals surface area contributed by atoms with Gasteiger partial charge in [-0.25, -0.2) is 0 Å². The smallest absolute Gasteiger partial charge is 0.225 e. The maximum atomic E-state index is 12.7. The van der Waals surface area contributed by atoms with Crippen molar-refractivity contribution in [2.75, 3.05) is 34.5 Å². The van der Waals surface area contributed by atoms with E-state index in [4.69, 9.17) is 23.5 Å². The van der Waals surface area contributed by atoms with Crippen LogP contribution in [0.5, 0.6) is 17.2 Å². The quantitative estimate of drug-likeness (QED) is 0.616. The van der Waals surface area contributed by atoms with Gasteiger partial charge in [0.2, 0.25) is 11.7 Å². The molecule has 0 radical (unpaired) electrons. The second kappa shape index (κ2) is 9.84. The van der Waals surface area contributed by atoms with Gasteiger partial charge in [0, 0.05) is 30.7 Å². The Kier molecular flexibility index (Phi) is 7.20. The maximum Gasteiger partial charge on any atom is 0.225 e. The second-order valence-electron chi connectivity index (χ2n) is 7.61. The molecule has 1 aromatic carbocycles. The van der Waals surface area contributed by atoms with E-state index in [1.807, 2.05) is 19.9 Å². The van der Waals surface area contributed by atoms with Crippen molar-refractivity contribution < 1.29 is 28.3 Å². The number of aromatic nitrogens is 1. The molecule has 0 spiro atoms. The molecule has 1 atom stereocenters. The number of hydrogen-bond donors (Lipinski definition) is 0. The summed E-state index contributed by atoms with van der Waals surface area (Å²) in [6, 6.07) is 5.43. The summed E-state index contributed by atoms with van der Waals surface area (Å²) in [5.41, 5.74) is 1.41. The summed E-state index contributed by atoms with van der Waals surface area (Å²) >= 11 is 0. The molecule has 8 nitrogen and oxygen atoms in total. The molecule has 1 aromatic heterocycles. The van der Waals surface area contributed by atoms with Gasteiger partial charge in [-0.3, -0.25) is 4.79 Å². The summed E-state index contributed by atoms with van der Waals surface area (Å²) < 4.78 is 27.5. The maximum absolute atomic E-state index is 12.7. The van der Waals surface area contributed by atoms with E-state index in [1.165, 1.54) is 0 Å². The van der Waals surface area contributed by atoms with Crippen LogP contribution < -0.4 is 14.2 Å². The summed E-state index contributed by atoms with van der Waals surface area (Å²) in [5, 5.41) is 4.18. The predicted octanol–water partition coefficient (Wildman–Crippen LogP) is 3.53. The molecule has 2 aromatic rings. The normalized spacial score (nSPS) is 16.0. The van der Waals surface area contributed by atoms with Gasteiger partial charge in [-0.1, -0.05) is 19.0 Å². The number of amides is 1. The van der Waals surface area contributed by atoms with Crippen LogP contribution in [-0.4, -0.2) is 56.5 Å². The summed E-state index contributed by atoms with van der Waals surface area (Å²) in [7, 11) is 4.68. The van der Waals surface area contributed by atoms with E-state index in [0.29, 0.717) is 41.8 Å². The SMILES string of the molecule is COc1cc(-c2cc(CN(C[C@@H]3CCCO3)C(=O)C(C)C)no2)cc(OC)c1OC. The first kappa shape index (κ1) is 22.0. The molecule has 1 aliphatic rings. The Hall–Kier alpha value is -2.74. The zero-order chi connectivity index (χ0) is 21.7. The summed E-state index contributed by atoms with van der Waals surface area (Å²) in [4.78, 5) is 14.5. The monoisotopic (exact) mass is 418 g/mol. The third-order valence-electron chi connectivity index (χ3n) is 5.11. The van der Waals surface area contributed by atoms with Crippen LogP contribution in [0.15, 0.2) is 22.7 Å². The summed E-state index contributed by atoms with van der Waals surface area (Å²) in [6.07, 6.45) is 2.08. The molecular formula is C22H30N2O6. The minimum atomic E-state index is -0.104. The molecule has 1 aliphatic heterocycles. The lowest BCUT2D eigenvalue weighted by atomic mass is 10.1. The molecule has 1 amide bonds. The highest BCUT2D eigenvalue weighted by Gasteiger charge is 2.25. The Morgan fingerprint density at radius 1 is 1.17 bits per heavy atom. The molecule has 0 N–H and O–H groups in total. The first-order valence-corrected chi connectivity index (χ1v) is 10.1. The number of rotatable bonds is 9.